The Morgan fingerprint density at radius 2 is 2.11 bits per heavy atom. The van der Waals surface area contributed by atoms with E-state index < -0.39 is 0 Å². The van der Waals surface area contributed by atoms with Crippen molar-refractivity contribution in [2.24, 2.45) is 17.3 Å². The van der Waals surface area contributed by atoms with Gasteiger partial charge in [-0.3, -0.25) is 0 Å². The molecule has 0 heterocycles. The van der Waals surface area contributed by atoms with E-state index in [2.05, 4.69) is 13.0 Å². The second kappa shape index (κ2) is 6.06. The summed E-state index contributed by atoms with van der Waals surface area (Å²) in [6.45, 7) is 2.21. The molecule has 102 valence electrons. The molecule has 0 amide bonds. The topological polar surface area (TPSA) is 44.0 Å². The second-order valence-corrected chi connectivity index (χ2v) is 6.44. The fourth-order valence-electron chi connectivity index (χ4n) is 3.99. The van der Waals surface area contributed by atoms with Gasteiger partial charge in [-0.2, -0.15) is 5.26 Å². The van der Waals surface area contributed by atoms with Gasteiger partial charge in [0, 0.05) is 5.92 Å². The van der Waals surface area contributed by atoms with Crippen molar-refractivity contribution in [2.45, 2.75) is 77.2 Å². The predicted octanol–water partition coefficient (Wildman–Crippen LogP) is 4.04. The SMILES string of the molecule is CCC1(C(O)CCCC2CCCC2C#N)CCC1. The van der Waals surface area contributed by atoms with Crippen molar-refractivity contribution in [3.05, 3.63) is 0 Å². The first-order valence-corrected chi connectivity index (χ1v) is 7.79. The summed E-state index contributed by atoms with van der Waals surface area (Å²) in [7, 11) is 0. The summed E-state index contributed by atoms with van der Waals surface area (Å²) in [4.78, 5) is 0. The van der Waals surface area contributed by atoms with Crippen LogP contribution in [-0.2, 0) is 0 Å². The molecule has 2 fully saturated rings. The molecule has 2 rings (SSSR count). The number of hydrogen-bond donors (Lipinski definition) is 1. The lowest BCUT2D eigenvalue weighted by Crippen LogP contribution is -2.40. The molecule has 0 saturated heterocycles. The minimum Gasteiger partial charge on any atom is -0.393 e. The quantitative estimate of drug-likeness (QED) is 0.772. The number of aliphatic hydroxyl groups is 1. The molecule has 0 aromatic rings. The Morgan fingerprint density at radius 1 is 1.33 bits per heavy atom. The van der Waals surface area contributed by atoms with Gasteiger partial charge in [-0.25, -0.2) is 0 Å². The molecule has 2 aliphatic rings. The number of aliphatic hydroxyl groups excluding tert-OH is 1. The third-order valence-electron chi connectivity index (χ3n) is 5.64. The van der Waals surface area contributed by atoms with Crippen molar-refractivity contribution in [2.75, 3.05) is 0 Å². The summed E-state index contributed by atoms with van der Waals surface area (Å²) in [5, 5.41) is 19.4. The van der Waals surface area contributed by atoms with Crippen LogP contribution in [0, 0.1) is 28.6 Å². The average Bonchev–Trinajstić information content (AvgIpc) is 2.76. The Labute approximate surface area is 111 Å². The Morgan fingerprint density at radius 3 is 2.67 bits per heavy atom. The summed E-state index contributed by atoms with van der Waals surface area (Å²) in [5.74, 6) is 0.909. The zero-order chi connectivity index (χ0) is 13.0. The van der Waals surface area contributed by atoms with E-state index in [1.807, 2.05) is 0 Å². The van der Waals surface area contributed by atoms with Gasteiger partial charge in [-0.05, 0) is 56.3 Å². The Bertz CT molecular complexity index is 297. The first-order valence-electron chi connectivity index (χ1n) is 7.79. The molecule has 0 spiro atoms. The first kappa shape index (κ1) is 13.9. The van der Waals surface area contributed by atoms with Crippen LogP contribution in [0.15, 0.2) is 0 Å². The summed E-state index contributed by atoms with van der Waals surface area (Å²) >= 11 is 0. The van der Waals surface area contributed by atoms with Gasteiger partial charge in [0.1, 0.15) is 0 Å². The highest BCUT2D eigenvalue weighted by atomic mass is 16.3. The minimum absolute atomic E-state index is 0.0989. The van der Waals surface area contributed by atoms with Gasteiger partial charge in [0.2, 0.25) is 0 Å². The molecule has 0 aliphatic heterocycles. The van der Waals surface area contributed by atoms with E-state index in [0.717, 1.165) is 32.1 Å². The van der Waals surface area contributed by atoms with Crippen LogP contribution in [0.5, 0.6) is 0 Å². The second-order valence-electron chi connectivity index (χ2n) is 6.44. The number of hydrogen-bond acceptors (Lipinski definition) is 2. The molecule has 2 nitrogen and oxygen atoms in total. The summed E-state index contributed by atoms with van der Waals surface area (Å²) in [5.41, 5.74) is 0.254. The third kappa shape index (κ3) is 2.72. The summed E-state index contributed by atoms with van der Waals surface area (Å²) in [6, 6.07) is 2.45. The Kier molecular flexibility index (Phi) is 4.67. The van der Waals surface area contributed by atoms with Gasteiger partial charge in [0.05, 0.1) is 12.2 Å². The highest BCUT2D eigenvalue weighted by Gasteiger charge is 2.41. The zero-order valence-corrected chi connectivity index (χ0v) is 11.7. The van der Waals surface area contributed by atoms with Crippen LogP contribution in [0.1, 0.15) is 71.1 Å². The smallest absolute Gasteiger partial charge is 0.0658 e. The molecule has 3 unspecified atom stereocenters. The Hall–Kier alpha value is -0.550. The van der Waals surface area contributed by atoms with Crippen LogP contribution in [-0.4, -0.2) is 11.2 Å². The van der Waals surface area contributed by atoms with Crippen LogP contribution in [0.4, 0.5) is 0 Å². The molecule has 1 N–H and O–H groups in total. The molecule has 2 heteroatoms. The molecule has 3 atom stereocenters. The number of nitrogens with zero attached hydrogens (tertiary/aromatic N) is 1. The van der Waals surface area contributed by atoms with E-state index in [1.54, 1.807) is 0 Å². The molecule has 18 heavy (non-hydrogen) atoms. The zero-order valence-electron chi connectivity index (χ0n) is 11.7. The molecular formula is C16H27NO. The normalized spacial score (nSPS) is 31.6. The van der Waals surface area contributed by atoms with Crippen LogP contribution < -0.4 is 0 Å². The first-order chi connectivity index (χ1) is 8.72. The van der Waals surface area contributed by atoms with Crippen LogP contribution in [0.2, 0.25) is 0 Å². The van der Waals surface area contributed by atoms with Gasteiger partial charge in [-0.15, -0.1) is 0 Å². The van der Waals surface area contributed by atoms with Gasteiger partial charge in [-0.1, -0.05) is 26.2 Å². The van der Waals surface area contributed by atoms with E-state index in [1.165, 1.54) is 32.1 Å². The lowest BCUT2D eigenvalue weighted by molar-refractivity contribution is -0.0436. The van der Waals surface area contributed by atoms with E-state index in [0.29, 0.717) is 11.8 Å². The van der Waals surface area contributed by atoms with Crippen molar-refractivity contribution in [3.63, 3.8) is 0 Å². The maximum atomic E-state index is 10.4. The molecule has 0 radical (unpaired) electrons. The minimum atomic E-state index is -0.0989. The van der Waals surface area contributed by atoms with Crippen molar-refractivity contribution >= 4 is 0 Å². The average molecular weight is 249 g/mol. The van der Waals surface area contributed by atoms with E-state index in [9.17, 15) is 5.11 Å². The fraction of sp³-hybridized carbons (Fsp3) is 0.938. The monoisotopic (exact) mass is 249 g/mol. The lowest BCUT2D eigenvalue weighted by Gasteiger charge is -2.45. The van der Waals surface area contributed by atoms with Crippen molar-refractivity contribution in [1.82, 2.24) is 0 Å². The number of nitriles is 1. The molecule has 2 aliphatic carbocycles. The summed E-state index contributed by atoms with van der Waals surface area (Å²) < 4.78 is 0. The maximum absolute atomic E-state index is 10.4. The highest BCUT2D eigenvalue weighted by Crippen LogP contribution is 2.48. The van der Waals surface area contributed by atoms with Crippen LogP contribution >= 0.6 is 0 Å². The third-order valence-corrected chi connectivity index (χ3v) is 5.64. The molecular weight excluding hydrogens is 222 g/mol. The highest BCUT2D eigenvalue weighted by molar-refractivity contribution is 4.94. The van der Waals surface area contributed by atoms with Crippen LogP contribution in [0.3, 0.4) is 0 Å². The largest absolute Gasteiger partial charge is 0.393 e. The van der Waals surface area contributed by atoms with Crippen molar-refractivity contribution < 1.29 is 5.11 Å². The van der Waals surface area contributed by atoms with Gasteiger partial charge in [0.15, 0.2) is 0 Å². The fourth-order valence-corrected chi connectivity index (χ4v) is 3.99. The van der Waals surface area contributed by atoms with E-state index >= 15 is 0 Å². The molecule has 2 saturated carbocycles. The van der Waals surface area contributed by atoms with E-state index in [-0.39, 0.29) is 11.5 Å². The van der Waals surface area contributed by atoms with Crippen molar-refractivity contribution in [3.8, 4) is 6.07 Å². The molecule has 0 aromatic carbocycles. The maximum Gasteiger partial charge on any atom is 0.0658 e. The van der Waals surface area contributed by atoms with E-state index in [4.69, 9.17) is 5.26 Å². The lowest BCUT2D eigenvalue weighted by atomic mass is 9.62. The Balaban J connectivity index is 1.70. The van der Waals surface area contributed by atoms with Crippen LogP contribution in [0.25, 0.3) is 0 Å². The number of rotatable bonds is 6. The molecule has 0 aromatic heterocycles. The predicted molar refractivity (Wildman–Crippen MR) is 72.9 cm³/mol. The van der Waals surface area contributed by atoms with Gasteiger partial charge >= 0.3 is 0 Å². The van der Waals surface area contributed by atoms with Crippen molar-refractivity contribution in [1.29, 1.82) is 5.26 Å². The summed E-state index contributed by atoms with van der Waals surface area (Å²) in [6.07, 6.45) is 11.5. The molecule has 0 bridgehead atoms. The standard InChI is InChI=1S/C16H27NO/c1-2-16(10-5-11-16)15(18)9-4-7-13-6-3-8-14(13)12-17/h13-15,18H,2-11H2,1H3. The van der Waals surface area contributed by atoms with Gasteiger partial charge in [0.25, 0.3) is 0 Å². The van der Waals surface area contributed by atoms with Gasteiger partial charge < -0.3 is 5.11 Å².